The number of ether oxygens (including phenoxy) is 2. The molecule has 0 radical (unpaired) electrons. The zero-order valence-corrected chi connectivity index (χ0v) is 29.6. The van der Waals surface area contributed by atoms with E-state index in [9.17, 15) is 19.8 Å². The molecule has 1 aromatic carbocycles. The van der Waals surface area contributed by atoms with Crippen LogP contribution in [0.15, 0.2) is 29.5 Å². The number of aliphatic carboxylic acids is 2. The van der Waals surface area contributed by atoms with Crippen LogP contribution in [0.2, 0.25) is 0 Å². The number of unbranched alkanes of at least 4 members (excludes halogenated alkanes) is 12. The quantitative estimate of drug-likeness (QED) is 0.110. The molecule has 0 aromatic heterocycles. The van der Waals surface area contributed by atoms with Crippen molar-refractivity contribution in [3.8, 4) is 5.75 Å². The minimum absolute atomic E-state index is 0.101. The fourth-order valence-electron chi connectivity index (χ4n) is 7.51. The summed E-state index contributed by atoms with van der Waals surface area (Å²) in [6, 6.07) is 5.94. The minimum atomic E-state index is -1.77. The topological polar surface area (TPSA) is 105 Å². The van der Waals surface area contributed by atoms with Gasteiger partial charge in [0.2, 0.25) is 0 Å². The highest BCUT2D eigenvalue weighted by Crippen LogP contribution is 2.58. The number of carboxylic acids is 2. The van der Waals surface area contributed by atoms with Crippen LogP contribution >= 0.6 is 0 Å². The number of rotatable bonds is 22. The van der Waals surface area contributed by atoms with Gasteiger partial charge in [-0.15, -0.1) is 0 Å². The molecule has 0 bridgehead atoms. The van der Waals surface area contributed by atoms with Crippen LogP contribution in [0.4, 0.5) is 0 Å². The van der Waals surface area contributed by atoms with Crippen molar-refractivity contribution in [2.45, 2.75) is 168 Å². The Morgan fingerprint density at radius 1 is 0.867 bits per heavy atom. The van der Waals surface area contributed by atoms with Crippen LogP contribution in [-0.4, -0.2) is 47.0 Å². The van der Waals surface area contributed by atoms with E-state index in [1.165, 1.54) is 77.6 Å². The number of allylic oxidation sites excluding steroid dienone is 1. The van der Waals surface area contributed by atoms with Gasteiger partial charge in [0.25, 0.3) is 0 Å². The molecule has 4 atom stereocenters. The maximum atomic E-state index is 13.5. The van der Waals surface area contributed by atoms with E-state index in [0.29, 0.717) is 11.4 Å². The zero-order valence-electron chi connectivity index (χ0n) is 29.6. The van der Waals surface area contributed by atoms with Crippen molar-refractivity contribution in [3.63, 3.8) is 0 Å². The SMILES string of the molecule is CCCCCCCCCCCCCCCc1cccc(OC(C)C)c1C1C(C(C)OC)=C(C)NC(C)(C(=O)O)C1(CC)C(=O)O. The first-order valence-corrected chi connectivity index (χ1v) is 17.7. The average molecular weight is 630 g/mol. The molecule has 0 fully saturated rings. The fourth-order valence-corrected chi connectivity index (χ4v) is 7.51. The van der Waals surface area contributed by atoms with E-state index < -0.39 is 34.9 Å². The molecule has 1 aliphatic heterocycles. The third-order valence-electron chi connectivity index (χ3n) is 10.1. The first kappa shape index (κ1) is 38.6. The number of hydrogen-bond donors (Lipinski definition) is 3. The van der Waals surface area contributed by atoms with Crippen LogP contribution in [0.1, 0.15) is 155 Å². The lowest BCUT2D eigenvalue weighted by Crippen LogP contribution is -2.69. The Hall–Kier alpha value is -2.54. The number of nitrogens with one attached hydrogen (secondary N) is 1. The summed E-state index contributed by atoms with van der Waals surface area (Å²) < 4.78 is 12.2. The number of hydrogen-bond acceptors (Lipinski definition) is 5. The predicted octanol–water partition coefficient (Wildman–Crippen LogP) is 9.43. The Labute approximate surface area is 273 Å². The number of benzene rings is 1. The molecule has 0 saturated heterocycles. The molecule has 4 unspecified atom stereocenters. The maximum absolute atomic E-state index is 13.5. The lowest BCUT2D eigenvalue weighted by Gasteiger charge is -2.54. The predicted molar refractivity (Wildman–Crippen MR) is 183 cm³/mol. The van der Waals surface area contributed by atoms with Gasteiger partial charge in [-0.05, 0) is 71.1 Å². The molecule has 0 amide bonds. The monoisotopic (exact) mass is 629 g/mol. The Morgan fingerprint density at radius 2 is 1.40 bits per heavy atom. The van der Waals surface area contributed by atoms with Crippen molar-refractivity contribution in [3.05, 3.63) is 40.6 Å². The minimum Gasteiger partial charge on any atom is -0.491 e. The molecule has 1 aromatic rings. The summed E-state index contributed by atoms with van der Waals surface area (Å²) in [4.78, 5) is 26.5. The van der Waals surface area contributed by atoms with Gasteiger partial charge in [-0.2, -0.15) is 0 Å². The van der Waals surface area contributed by atoms with Crippen molar-refractivity contribution >= 4 is 11.9 Å². The van der Waals surface area contributed by atoms with Crippen molar-refractivity contribution < 1.29 is 29.3 Å². The molecule has 0 spiro atoms. The van der Waals surface area contributed by atoms with Crippen molar-refractivity contribution in [2.24, 2.45) is 5.41 Å². The summed E-state index contributed by atoms with van der Waals surface area (Å²) in [5.41, 5.74) is -0.286. The van der Waals surface area contributed by atoms with E-state index in [0.717, 1.165) is 36.0 Å². The van der Waals surface area contributed by atoms with Crippen LogP contribution in [0.25, 0.3) is 0 Å². The van der Waals surface area contributed by atoms with E-state index >= 15 is 0 Å². The largest absolute Gasteiger partial charge is 0.491 e. The summed E-state index contributed by atoms with van der Waals surface area (Å²) in [5, 5.41) is 24.7. The third-order valence-corrected chi connectivity index (χ3v) is 10.1. The second-order valence-electron chi connectivity index (χ2n) is 13.6. The molecule has 256 valence electrons. The van der Waals surface area contributed by atoms with Gasteiger partial charge in [-0.25, -0.2) is 4.79 Å². The first-order chi connectivity index (χ1) is 21.4. The molecule has 0 aliphatic carbocycles. The van der Waals surface area contributed by atoms with Gasteiger partial charge >= 0.3 is 11.9 Å². The first-order valence-electron chi connectivity index (χ1n) is 17.7. The van der Waals surface area contributed by atoms with Gasteiger partial charge in [0.15, 0.2) is 0 Å². The molecule has 2 rings (SSSR count). The number of carbonyl (C=O) groups is 2. The van der Waals surface area contributed by atoms with Crippen LogP contribution in [0, 0.1) is 5.41 Å². The van der Waals surface area contributed by atoms with E-state index in [1.807, 2.05) is 39.8 Å². The highest BCUT2D eigenvalue weighted by molar-refractivity contribution is 5.92. The van der Waals surface area contributed by atoms with Crippen molar-refractivity contribution in [1.82, 2.24) is 5.32 Å². The van der Waals surface area contributed by atoms with E-state index in [2.05, 4.69) is 18.3 Å². The van der Waals surface area contributed by atoms with Gasteiger partial charge in [0.1, 0.15) is 16.7 Å². The van der Waals surface area contributed by atoms with Gasteiger partial charge < -0.3 is 25.0 Å². The number of carboxylic acid groups (broad SMARTS) is 2. The van der Waals surface area contributed by atoms with Crippen LogP contribution in [-0.2, 0) is 20.7 Å². The lowest BCUT2D eigenvalue weighted by molar-refractivity contribution is -0.169. The molecular formula is C38H63NO6. The van der Waals surface area contributed by atoms with E-state index in [4.69, 9.17) is 9.47 Å². The van der Waals surface area contributed by atoms with E-state index in [1.54, 1.807) is 14.0 Å². The smallest absolute Gasteiger partial charge is 0.330 e. The normalized spacial score (nSPS) is 22.4. The van der Waals surface area contributed by atoms with Crippen molar-refractivity contribution in [2.75, 3.05) is 7.11 Å². The molecule has 1 aliphatic rings. The van der Waals surface area contributed by atoms with Crippen LogP contribution < -0.4 is 10.1 Å². The summed E-state index contributed by atoms with van der Waals surface area (Å²) in [7, 11) is 1.60. The second-order valence-corrected chi connectivity index (χ2v) is 13.6. The highest BCUT2D eigenvalue weighted by Gasteiger charge is 2.66. The Morgan fingerprint density at radius 3 is 1.84 bits per heavy atom. The Bertz CT molecular complexity index is 1110. The lowest BCUT2D eigenvalue weighted by atomic mass is 9.53. The third kappa shape index (κ3) is 9.27. The zero-order chi connectivity index (χ0) is 33.6. The van der Waals surface area contributed by atoms with Crippen LogP contribution in [0.5, 0.6) is 5.75 Å². The van der Waals surface area contributed by atoms with Gasteiger partial charge in [-0.1, -0.05) is 103 Å². The van der Waals surface area contributed by atoms with Crippen LogP contribution in [0.3, 0.4) is 0 Å². The fraction of sp³-hybridized carbons (Fsp3) is 0.737. The highest BCUT2D eigenvalue weighted by atomic mass is 16.5. The summed E-state index contributed by atoms with van der Waals surface area (Å²) in [6.45, 7) is 13.2. The van der Waals surface area contributed by atoms with Gasteiger partial charge in [0, 0.05) is 24.3 Å². The number of aryl methyl sites for hydroxylation is 1. The Kier molecular flexibility index (Phi) is 15.9. The molecule has 7 nitrogen and oxygen atoms in total. The Balaban J connectivity index is 2.38. The average Bonchev–Trinajstić information content (AvgIpc) is 2.98. The maximum Gasteiger partial charge on any atom is 0.330 e. The molecule has 3 N–H and O–H groups in total. The summed E-state index contributed by atoms with van der Waals surface area (Å²) >= 11 is 0. The molecular weight excluding hydrogens is 566 g/mol. The van der Waals surface area contributed by atoms with Gasteiger partial charge in [0.05, 0.1) is 12.2 Å². The van der Waals surface area contributed by atoms with E-state index in [-0.39, 0.29) is 12.5 Å². The molecule has 0 saturated carbocycles. The molecule has 45 heavy (non-hydrogen) atoms. The van der Waals surface area contributed by atoms with Gasteiger partial charge in [-0.3, -0.25) is 4.79 Å². The summed E-state index contributed by atoms with van der Waals surface area (Å²) in [6.07, 6.45) is 16.8. The van der Waals surface area contributed by atoms with Crippen molar-refractivity contribution in [1.29, 1.82) is 0 Å². The molecule has 7 heteroatoms. The summed E-state index contributed by atoms with van der Waals surface area (Å²) in [5.74, 6) is -2.50. The standard InChI is InChI=1S/C38H63NO6/c1-9-11-12-13-14-15-16-17-18-19-20-21-22-24-30-25-23-26-31(45-27(3)4)33(30)34-32(29(6)44-8)28(5)39-37(7,35(40)41)38(34,10-2)36(42)43/h23,25-27,29,34,39H,9-22,24H2,1-8H3,(H,40,41)(H,42,43). The number of methoxy groups -OCH3 is 1. The second kappa shape index (κ2) is 18.6. The molecule has 1 heterocycles.